The molecule has 0 bridgehead atoms. The van der Waals surface area contributed by atoms with Gasteiger partial charge in [-0.1, -0.05) is 5.21 Å². The summed E-state index contributed by atoms with van der Waals surface area (Å²) < 4.78 is 4.85. The third-order valence-corrected chi connectivity index (χ3v) is 4.68. The van der Waals surface area contributed by atoms with Crippen LogP contribution in [0.1, 0.15) is 22.6 Å². The van der Waals surface area contributed by atoms with E-state index in [4.69, 9.17) is 0 Å². The van der Waals surface area contributed by atoms with E-state index in [0.29, 0.717) is 17.5 Å². The van der Waals surface area contributed by atoms with E-state index in [1.54, 1.807) is 12.4 Å². The fraction of sp³-hybridized carbons (Fsp3) is 0.200. The fourth-order valence-corrected chi connectivity index (χ4v) is 2.82. The molecule has 4 heterocycles. The summed E-state index contributed by atoms with van der Waals surface area (Å²) in [6.07, 6.45) is 7.24. The first-order chi connectivity index (χ1) is 15.1. The molecule has 1 radical (unpaired) electrons. The van der Waals surface area contributed by atoms with Crippen LogP contribution in [0.5, 0.6) is 0 Å². The normalized spacial score (nSPS) is 10.2. The third-order valence-electron chi connectivity index (χ3n) is 4.68. The minimum Gasteiger partial charge on any atom is -0.418 e. The first-order valence-corrected chi connectivity index (χ1v) is 9.40. The Kier molecular flexibility index (Phi) is 7.29. The van der Waals surface area contributed by atoms with Gasteiger partial charge in [0.25, 0.3) is 0 Å². The second-order valence-corrected chi connectivity index (χ2v) is 6.61. The van der Waals surface area contributed by atoms with Crippen molar-refractivity contribution in [2.45, 2.75) is 27.7 Å². The van der Waals surface area contributed by atoms with Gasteiger partial charge in [0, 0.05) is 50.8 Å². The second-order valence-electron chi connectivity index (χ2n) is 6.61. The minimum atomic E-state index is 0. The van der Waals surface area contributed by atoms with Crippen LogP contribution >= 0.6 is 0 Å². The number of hydrogen-bond acceptors (Lipinski definition) is 8. The standard InChI is InChI=1S/C12H13N2.C8H6N9.Ir/c1-9-10(2)13-14(11(9)3)12-7-5-4-6-8-12;1-6-7(10-3-2-9-6)17-8(13-14-15-17)16-4-11-12-5-16;/h4-7H,1-3H3;2-4H,1H3;/q2*-1;. The number of hydrogen-bond donors (Lipinski definition) is 0. The van der Waals surface area contributed by atoms with Crippen molar-refractivity contribution in [1.29, 1.82) is 0 Å². The van der Waals surface area contributed by atoms with E-state index >= 15 is 0 Å². The summed E-state index contributed by atoms with van der Waals surface area (Å²) in [4.78, 5) is 8.31. The predicted molar refractivity (Wildman–Crippen MR) is 110 cm³/mol. The van der Waals surface area contributed by atoms with Gasteiger partial charge in [0.05, 0.1) is 11.4 Å². The summed E-state index contributed by atoms with van der Waals surface area (Å²) in [5.74, 6) is 0.952. The number of aryl methyl sites for hydroxylation is 2. The first-order valence-electron chi connectivity index (χ1n) is 9.40. The SMILES string of the molecule is Cc1nccnc1-n1nnnc1-n1[c-]nnc1.Cc1nn(-c2[c-]cccc2)c(C)c1C.[Ir]. The molecule has 12 heteroatoms. The van der Waals surface area contributed by atoms with Gasteiger partial charge in [0.1, 0.15) is 5.95 Å². The molecule has 0 unspecified atom stereocenters. The summed E-state index contributed by atoms with van der Waals surface area (Å²) >= 11 is 0. The van der Waals surface area contributed by atoms with Gasteiger partial charge >= 0.3 is 0 Å². The van der Waals surface area contributed by atoms with Gasteiger partial charge in [-0.25, -0.2) is 19.9 Å². The van der Waals surface area contributed by atoms with E-state index in [2.05, 4.69) is 67.0 Å². The largest absolute Gasteiger partial charge is 0.418 e. The van der Waals surface area contributed by atoms with Crippen molar-refractivity contribution in [2.75, 3.05) is 0 Å². The van der Waals surface area contributed by atoms with E-state index < -0.39 is 0 Å². The van der Waals surface area contributed by atoms with Crippen LogP contribution in [0.25, 0.3) is 17.5 Å². The van der Waals surface area contributed by atoms with Gasteiger partial charge in [-0.05, 0) is 44.2 Å². The summed E-state index contributed by atoms with van der Waals surface area (Å²) in [6.45, 7) is 8.03. The molecule has 11 nitrogen and oxygen atoms in total. The number of tetrazole rings is 1. The summed E-state index contributed by atoms with van der Waals surface area (Å²) in [5, 5.41) is 23.0. The van der Waals surface area contributed by atoms with Crippen molar-refractivity contribution in [3.8, 4) is 17.5 Å². The van der Waals surface area contributed by atoms with Crippen molar-refractivity contribution >= 4 is 0 Å². The van der Waals surface area contributed by atoms with E-state index in [1.807, 2.05) is 42.8 Å². The summed E-state index contributed by atoms with van der Waals surface area (Å²) in [5.41, 5.74) is 5.24. The molecule has 5 rings (SSSR count). The van der Waals surface area contributed by atoms with Crippen LogP contribution < -0.4 is 0 Å². The van der Waals surface area contributed by atoms with Gasteiger partial charge < -0.3 is 4.57 Å². The molecule has 0 aliphatic carbocycles. The Morgan fingerprint density at radius 1 is 0.938 bits per heavy atom. The summed E-state index contributed by atoms with van der Waals surface area (Å²) in [6, 6.07) is 11.0. The molecule has 5 aromatic rings. The molecule has 0 aliphatic heterocycles. The van der Waals surface area contributed by atoms with Crippen LogP contribution in [0.4, 0.5) is 0 Å². The molecule has 0 saturated carbocycles. The Hall–Kier alpha value is -3.63. The molecule has 0 aliphatic rings. The van der Waals surface area contributed by atoms with Crippen molar-refractivity contribution in [2.24, 2.45) is 0 Å². The number of nitrogens with zero attached hydrogens (tertiary/aromatic N) is 11. The molecule has 165 valence electrons. The van der Waals surface area contributed by atoms with Crippen molar-refractivity contribution < 1.29 is 20.1 Å². The van der Waals surface area contributed by atoms with E-state index in [9.17, 15) is 0 Å². The third kappa shape index (κ3) is 4.66. The van der Waals surface area contributed by atoms with Gasteiger partial charge in [0.2, 0.25) is 0 Å². The molecule has 1 aromatic carbocycles. The van der Waals surface area contributed by atoms with E-state index in [0.717, 1.165) is 11.4 Å². The number of aromatic nitrogens is 11. The van der Waals surface area contributed by atoms with Crippen molar-refractivity contribution in [3.63, 3.8) is 0 Å². The Bertz CT molecular complexity index is 1280. The summed E-state index contributed by atoms with van der Waals surface area (Å²) in [7, 11) is 0. The zero-order valence-corrected chi connectivity index (χ0v) is 20.2. The molecular formula is C20H19IrN11-2. The zero-order chi connectivity index (χ0) is 21.8. The molecule has 0 saturated heterocycles. The van der Waals surface area contributed by atoms with Gasteiger partial charge in [-0.3, -0.25) is 9.67 Å². The van der Waals surface area contributed by atoms with E-state index in [1.165, 1.54) is 26.8 Å². The Morgan fingerprint density at radius 2 is 1.75 bits per heavy atom. The van der Waals surface area contributed by atoms with Crippen LogP contribution in [-0.4, -0.2) is 54.7 Å². The van der Waals surface area contributed by atoms with Crippen LogP contribution in [0.2, 0.25) is 0 Å². The van der Waals surface area contributed by atoms with Crippen LogP contribution in [-0.2, 0) is 20.1 Å². The monoisotopic (exact) mass is 606 g/mol. The van der Waals surface area contributed by atoms with Crippen LogP contribution in [0.3, 0.4) is 0 Å². The molecule has 0 amide bonds. The average Bonchev–Trinajstić information content (AvgIpc) is 3.53. The smallest absolute Gasteiger partial charge is 0.167 e. The van der Waals surface area contributed by atoms with Crippen LogP contribution in [0.15, 0.2) is 43.0 Å². The molecule has 0 N–H and O–H groups in total. The molecule has 0 fully saturated rings. The maximum absolute atomic E-state index is 4.47. The fourth-order valence-electron chi connectivity index (χ4n) is 2.82. The maximum Gasteiger partial charge on any atom is 0.167 e. The maximum atomic E-state index is 4.47. The second kappa shape index (κ2) is 10.1. The van der Waals surface area contributed by atoms with Crippen molar-refractivity contribution in [1.82, 2.24) is 54.7 Å². The molecule has 32 heavy (non-hydrogen) atoms. The average molecular weight is 606 g/mol. The van der Waals surface area contributed by atoms with Gasteiger partial charge in [0.15, 0.2) is 5.82 Å². The minimum absolute atomic E-state index is 0. The molecular weight excluding hydrogens is 587 g/mol. The number of benzene rings is 1. The topological polar surface area (TPSA) is 118 Å². The van der Waals surface area contributed by atoms with Crippen LogP contribution in [0, 0.1) is 40.1 Å². The van der Waals surface area contributed by atoms with Gasteiger partial charge in [-0.2, -0.15) is 34.5 Å². The van der Waals surface area contributed by atoms with Crippen molar-refractivity contribution in [3.05, 3.63) is 78.0 Å². The quantitative estimate of drug-likeness (QED) is 0.286. The zero-order valence-electron chi connectivity index (χ0n) is 17.8. The molecule has 0 spiro atoms. The van der Waals surface area contributed by atoms with Gasteiger partial charge in [-0.15, -0.1) is 6.07 Å². The Morgan fingerprint density at radius 3 is 2.38 bits per heavy atom. The Balaban J connectivity index is 0.000000178. The Labute approximate surface area is 197 Å². The number of para-hydroxylation sites is 1. The predicted octanol–water partition coefficient (Wildman–Crippen LogP) is 1.74. The molecule has 0 atom stereocenters. The van der Waals surface area contributed by atoms with E-state index in [-0.39, 0.29) is 20.1 Å². The molecule has 4 aromatic heterocycles. The first kappa shape index (κ1) is 23.0. The number of rotatable bonds is 3.